The molecule has 0 aliphatic rings. The van der Waals surface area contributed by atoms with E-state index in [0.29, 0.717) is 0 Å². The van der Waals surface area contributed by atoms with Crippen LogP contribution in [0.2, 0.25) is 5.02 Å². The van der Waals surface area contributed by atoms with E-state index in [1.165, 1.54) is 18.2 Å². The summed E-state index contributed by atoms with van der Waals surface area (Å²) in [6.07, 6.45) is -0.552. The highest BCUT2D eigenvalue weighted by Gasteiger charge is 2.22. The lowest BCUT2D eigenvalue weighted by Gasteiger charge is -2.14. The van der Waals surface area contributed by atoms with Gasteiger partial charge in [0.15, 0.2) is 0 Å². The number of carbonyl (C=O) groups is 3. The lowest BCUT2D eigenvalue weighted by molar-refractivity contribution is -0.140. The number of carbonyl (C=O) groups excluding carboxylic acids is 2. The summed E-state index contributed by atoms with van der Waals surface area (Å²) in [5, 5.41) is 22.4. The molecule has 0 spiro atoms. The van der Waals surface area contributed by atoms with E-state index >= 15 is 0 Å². The minimum atomic E-state index is -1.47. The molecule has 21 heavy (non-hydrogen) atoms. The molecule has 0 saturated carbocycles. The van der Waals surface area contributed by atoms with Crippen molar-refractivity contribution in [3.05, 3.63) is 28.8 Å². The number of urea groups is 1. The van der Waals surface area contributed by atoms with E-state index < -0.39 is 30.4 Å². The number of carboxylic acid groups (broad SMARTS) is 1. The second-order valence-corrected chi connectivity index (χ2v) is 4.40. The van der Waals surface area contributed by atoms with E-state index in [2.05, 4.69) is 10.6 Å². The molecule has 5 N–H and O–H groups in total. The number of nitriles is 1. The molecular weight excluding hydrogens is 300 g/mol. The van der Waals surface area contributed by atoms with Gasteiger partial charge in [-0.05, 0) is 18.2 Å². The van der Waals surface area contributed by atoms with Gasteiger partial charge in [0.25, 0.3) is 0 Å². The van der Waals surface area contributed by atoms with E-state index in [1.54, 1.807) is 0 Å². The van der Waals surface area contributed by atoms with Crippen LogP contribution in [-0.2, 0) is 9.59 Å². The molecule has 0 saturated heterocycles. The second kappa shape index (κ2) is 7.12. The predicted octanol–water partition coefficient (Wildman–Crippen LogP) is 0.662. The Kier molecular flexibility index (Phi) is 5.51. The Morgan fingerprint density at radius 2 is 2.10 bits per heavy atom. The van der Waals surface area contributed by atoms with E-state index in [4.69, 9.17) is 27.7 Å². The molecule has 0 aliphatic carbocycles. The monoisotopic (exact) mass is 310 g/mol. The molecule has 0 fully saturated rings. The summed E-state index contributed by atoms with van der Waals surface area (Å²) >= 11 is 5.75. The summed E-state index contributed by atoms with van der Waals surface area (Å²) < 4.78 is 0. The number of nitrogens with one attached hydrogen (secondary N) is 2. The maximum absolute atomic E-state index is 11.7. The van der Waals surface area contributed by atoms with Gasteiger partial charge in [-0.25, -0.2) is 9.59 Å². The molecule has 0 unspecified atom stereocenters. The van der Waals surface area contributed by atoms with Gasteiger partial charge in [0.2, 0.25) is 5.91 Å². The molecule has 110 valence electrons. The molecule has 3 amide bonds. The molecule has 1 atom stereocenters. The number of carboxylic acids is 1. The predicted molar refractivity (Wildman–Crippen MR) is 73.6 cm³/mol. The summed E-state index contributed by atoms with van der Waals surface area (Å²) in [6, 6.07) is 3.68. The van der Waals surface area contributed by atoms with Gasteiger partial charge >= 0.3 is 12.0 Å². The molecule has 0 aromatic heterocycles. The first-order chi connectivity index (χ1) is 9.83. The molecule has 0 radical (unpaired) electrons. The van der Waals surface area contributed by atoms with Crippen molar-refractivity contribution in [1.82, 2.24) is 5.32 Å². The lowest BCUT2D eigenvalue weighted by atomic mass is 10.2. The number of nitrogens with two attached hydrogens (primary N) is 1. The van der Waals surface area contributed by atoms with Crippen molar-refractivity contribution in [3.63, 3.8) is 0 Å². The van der Waals surface area contributed by atoms with Crippen molar-refractivity contribution in [1.29, 1.82) is 5.26 Å². The largest absolute Gasteiger partial charge is 0.480 e. The molecule has 1 rings (SSSR count). The molecule has 1 aromatic carbocycles. The third kappa shape index (κ3) is 5.00. The van der Waals surface area contributed by atoms with Crippen molar-refractivity contribution >= 4 is 35.2 Å². The summed E-state index contributed by atoms with van der Waals surface area (Å²) in [7, 11) is 0. The Hall–Kier alpha value is -2.79. The first kappa shape index (κ1) is 16.3. The maximum Gasteiger partial charge on any atom is 0.326 e. The fraction of sp³-hybridized carbons (Fsp3) is 0.167. The van der Waals surface area contributed by atoms with Crippen LogP contribution in [0.15, 0.2) is 18.2 Å². The number of benzene rings is 1. The van der Waals surface area contributed by atoms with Crippen LogP contribution in [0, 0.1) is 11.3 Å². The Morgan fingerprint density at radius 1 is 1.43 bits per heavy atom. The van der Waals surface area contributed by atoms with Gasteiger partial charge in [0, 0.05) is 5.02 Å². The Balaban J connectivity index is 2.81. The molecule has 0 heterocycles. The molecule has 8 nitrogen and oxygen atoms in total. The molecule has 0 bridgehead atoms. The fourth-order valence-corrected chi connectivity index (χ4v) is 1.61. The van der Waals surface area contributed by atoms with E-state index in [9.17, 15) is 14.4 Å². The van der Waals surface area contributed by atoms with Gasteiger partial charge in [-0.3, -0.25) is 4.79 Å². The van der Waals surface area contributed by atoms with E-state index in [1.807, 2.05) is 6.07 Å². The van der Waals surface area contributed by atoms with Gasteiger partial charge in [0.1, 0.15) is 12.1 Å². The normalized spacial score (nSPS) is 11.0. The van der Waals surface area contributed by atoms with Crippen molar-refractivity contribution in [2.75, 3.05) is 5.32 Å². The third-order valence-electron chi connectivity index (χ3n) is 2.36. The zero-order valence-electron chi connectivity index (χ0n) is 10.6. The topological polar surface area (TPSA) is 145 Å². The zero-order valence-corrected chi connectivity index (χ0v) is 11.3. The van der Waals surface area contributed by atoms with Crippen LogP contribution in [0.3, 0.4) is 0 Å². The summed E-state index contributed by atoms with van der Waals surface area (Å²) in [6.45, 7) is 0. The summed E-state index contributed by atoms with van der Waals surface area (Å²) in [4.78, 5) is 33.3. The second-order valence-electron chi connectivity index (χ2n) is 3.96. The third-order valence-corrected chi connectivity index (χ3v) is 2.59. The van der Waals surface area contributed by atoms with E-state index in [0.717, 1.165) is 0 Å². The van der Waals surface area contributed by atoms with Crippen LogP contribution in [0.1, 0.15) is 12.0 Å². The van der Waals surface area contributed by atoms with Gasteiger partial charge in [-0.2, -0.15) is 5.26 Å². The van der Waals surface area contributed by atoms with E-state index in [-0.39, 0.29) is 16.3 Å². The molecular formula is C12H11ClN4O4. The standard InChI is InChI=1S/C12H11ClN4O4/c13-7-2-1-6(5-14)8(3-7)16-12(21)17-9(11(19)20)4-10(15)18/h1-3,9H,4H2,(H2,15,18)(H,19,20)(H2,16,17,21)/t9-/m0/s1. The van der Waals surface area contributed by atoms with Crippen molar-refractivity contribution < 1.29 is 19.5 Å². The fourth-order valence-electron chi connectivity index (χ4n) is 1.44. The number of halogens is 1. The average Bonchev–Trinajstić information content (AvgIpc) is 2.37. The van der Waals surface area contributed by atoms with Crippen LogP contribution in [0.25, 0.3) is 0 Å². The van der Waals surface area contributed by atoms with Crippen LogP contribution in [0.5, 0.6) is 0 Å². The number of amides is 3. The smallest absolute Gasteiger partial charge is 0.326 e. The van der Waals surface area contributed by atoms with Gasteiger partial charge in [-0.15, -0.1) is 0 Å². The number of anilines is 1. The minimum Gasteiger partial charge on any atom is -0.480 e. The lowest BCUT2D eigenvalue weighted by Crippen LogP contribution is -2.45. The highest BCUT2D eigenvalue weighted by Crippen LogP contribution is 2.20. The SMILES string of the molecule is N#Cc1ccc(Cl)cc1NC(=O)N[C@@H](CC(N)=O)C(=O)O. The molecule has 9 heteroatoms. The number of rotatable bonds is 5. The van der Waals surface area contributed by atoms with Gasteiger partial charge in [-0.1, -0.05) is 11.6 Å². The number of aliphatic carboxylic acids is 1. The van der Waals surface area contributed by atoms with Crippen molar-refractivity contribution in [2.24, 2.45) is 5.73 Å². The van der Waals surface area contributed by atoms with Crippen molar-refractivity contribution in [2.45, 2.75) is 12.5 Å². The number of primary amides is 1. The maximum atomic E-state index is 11.7. The Morgan fingerprint density at radius 3 is 2.62 bits per heavy atom. The Labute approximate surface area is 124 Å². The first-order valence-corrected chi connectivity index (χ1v) is 5.99. The molecule has 1 aromatic rings. The number of nitrogens with zero attached hydrogens (tertiary/aromatic N) is 1. The minimum absolute atomic E-state index is 0.116. The number of hydrogen-bond donors (Lipinski definition) is 4. The first-order valence-electron chi connectivity index (χ1n) is 5.61. The van der Waals surface area contributed by atoms with Crippen LogP contribution in [-0.4, -0.2) is 29.1 Å². The van der Waals surface area contributed by atoms with Crippen molar-refractivity contribution in [3.8, 4) is 6.07 Å². The highest BCUT2D eigenvalue weighted by atomic mass is 35.5. The summed E-state index contributed by atoms with van der Waals surface area (Å²) in [5.74, 6) is -2.28. The van der Waals surface area contributed by atoms with Gasteiger partial charge in [0.05, 0.1) is 17.7 Å². The van der Waals surface area contributed by atoms with Crippen LogP contribution in [0.4, 0.5) is 10.5 Å². The summed E-state index contributed by atoms with van der Waals surface area (Å²) in [5.41, 5.74) is 5.16. The molecule has 0 aliphatic heterocycles. The number of hydrogen-bond acceptors (Lipinski definition) is 4. The zero-order chi connectivity index (χ0) is 16.0. The van der Waals surface area contributed by atoms with Crippen LogP contribution < -0.4 is 16.4 Å². The highest BCUT2D eigenvalue weighted by molar-refractivity contribution is 6.31. The average molecular weight is 311 g/mol. The Bertz CT molecular complexity index is 626. The quantitative estimate of drug-likeness (QED) is 0.631. The van der Waals surface area contributed by atoms with Crippen LogP contribution >= 0.6 is 11.6 Å². The van der Waals surface area contributed by atoms with Gasteiger partial charge < -0.3 is 21.5 Å².